The van der Waals surface area contributed by atoms with Gasteiger partial charge in [-0.25, -0.2) is 8.42 Å². The molecule has 0 bridgehead atoms. The van der Waals surface area contributed by atoms with Crippen LogP contribution in [-0.4, -0.2) is 34.7 Å². The molecule has 0 aliphatic carbocycles. The van der Waals surface area contributed by atoms with Crippen molar-refractivity contribution in [1.29, 1.82) is 0 Å². The van der Waals surface area contributed by atoms with Gasteiger partial charge in [0.05, 0.1) is 21.4 Å². The lowest BCUT2D eigenvalue weighted by Crippen LogP contribution is -2.14. The molecular formula is C30H32BrClN4O3S2. The van der Waals surface area contributed by atoms with Crippen LogP contribution in [0.2, 0.25) is 5.02 Å². The summed E-state index contributed by atoms with van der Waals surface area (Å²) < 4.78 is 32.0. The number of aromatic nitrogens is 3. The number of ketones is 1. The largest absolute Gasteiger partial charge is 0.299 e. The van der Waals surface area contributed by atoms with Gasteiger partial charge in [-0.2, -0.15) is 0 Å². The number of nitrogens with zero attached hydrogens (tertiary/aromatic N) is 3. The minimum atomic E-state index is -3.92. The third kappa shape index (κ3) is 8.22. The van der Waals surface area contributed by atoms with Gasteiger partial charge in [0, 0.05) is 21.6 Å². The first-order valence-corrected chi connectivity index (χ1v) is 16.9. The van der Waals surface area contributed by atoms with Gasteiger partial charge >= 0.3 is 0 Å². The Labute approximate surface area is 259 Å². The molecule has 1 heterocycles. The van der Waals surface area contributed by atoms with Crippen LogP contribution < -0.4 is 4.72 Å². The van der Waals surface area contributed by atoms with Gasteiger partial charge in [-0.3, -0.25) is 14.1 Å². The summed E-state index contributed by atoms with van der Waals surface area (Å²) in [4.78, 5) is 13.0. The van der Waals surface area contributed by atoms with Gasteiger partial charge in [0.25, 0.3) is 10.0 Å². The zero-order chi connectivity index (χ0) is 29.6. The second-order valence-corrected chi connectivity index (χ2v) is 14.1. The average molecular weight is 676 g/mol. The summed E-state index contributed by atoms with van der Waals surface area (Å²) in [5, 5.41) is 9.84. The van der Waals surface area contributed by atoms with Crippen molar-refractivity contribution >= 4 is 60.8 Å². The summed E-state index contributed by atoms with van der Waals surface area (Å²) in [6.07, 6.45) is 3.01. The number of anilines is 1. The maximum Gasteiger partial charge on any atom is 0.261 e. The van der Waals surface area contributed by atoms with Crippen molar-refractivity contribution in [2.24, 2.45) is 5.92 Å². The Balaban J connectivity index is 1.64. The lowest BCUT2D eigenvalue weighted by Gasteiger charge is -2.19. The molecule has 0 amide bonds. The highest BCUT2D eigenvalue weighted by molar-refractivity contribution is 9.10. The third-order valence-electron chi connectivity index (χ3n) is 6.53. The quantitative estimate of drug-likeness (QED) is 0.113. The Hall–Kier alpha value is -2.66. The fraction of sp³-hybridized carbons (Fsp3) is 0.300. The maximum atomic E-state index is 13.2. The Morgan fingerprint density at radius 1 is 1.00 bits per heavy atom. The van der Waals surface area contributed by atoms with Crippen molar-refractivity contribution in [2.75, 3.05) is 10.5 Å². The van der Waals surface area contributed by atoms with E-state index in [1.807, 2.05) is 22.8 Å². The van der Waals surface area contributed by atoms with Crippen molar-refractivity contribution in [2.45, 2.75) is 56.1 Å². The second kappa shape index (κ2) is 14.0. The smallest absolute Gasteiger partial charge is 0.261 e. The highest BCUT2D eigenvalue weighted by Crippen LogP contribution is 2.32. The minimum Gasteiger partial charge on any atom is -0.299 e. The van der Waals surface area contributed by atoms with Crippen molar-refractivity contribution in [3.8, 4) is 11.4 Å². The molecule has 3 aromatic carbocycles. The fourth-order valence-corrected chi connectivity index (χ4v) is 6.88. The first kappa shape index (κ1) is 31.3. The van der Waals surface area contributed by atoms with Crippen LogP contribution in [0.5, 0.6) is 0 Å². The van der Waals surface area contributed by atoms with E-state index in [0.717, 1.165) is 23.7 Å². The van der Waals surface area contributed by atoms with Crippen molar-refractivity contribution < 1.29 is 13.2 Å². The zero-order valence-corrected chi connectivity index (χ0v) is 27.0. The predicted molar refractivity (Wildman–Crippen MR) is 170 cm³/mol. The maximum absolute atomic E-state index is 13.2. The van der Waals surface area contributed by atoms with E-state index >= 15 is 0 Å². The normalized spacial score (nSPS) is 12.4. The highest BCUT2D eigenvalue weighted by atomic mass is 79.9. The molecule has 0 radical (unpaired) electrons. The molecule has 0 spiro atoms. The number of carbonyl (C=O) groups excluding carboxylic acids is 1. The number of halogens is 2. The number of nitrogens with one attached hydrogen (secondary N) is 1. The molecule has 0 fully saturated rings. The van der Waals surface area contributed by atoms with E-state index in [4.69, 9.17) is 11.6 Å². The van der Waals surface area contributed by atoms with Crippen molar-refractivity contribution in [3.05, 3.63) is 87.9 Å². The van der Waals surface area contributed by atoms with Gasteiger partial charge in [0.2, 0.25) is 0 Å². The summed E-state index contributed by atoms with van der Waals surface area (Å²) in [6.45, 7) is 6.51. The van der Waals surface area contributed by atoms with Crippen LogP contribution in [0.4, 0.5) is 5.69 Å². The molecule has 11 heteroatoms. The number of benzene rings is 3. The highest BCUT2D eigenvalue weighted by Gasteiger charge is 2.23. The monoisotopic (exact) mass is 674 g/mol. The van der Waals surface area contributed by atoms with Gasteiger partial charge in [-0.1, -0.05) is 102 Å². The molecule has 216 valence electrons. The molecule has 4 rings (SSSR count). The van der Waals surface area contributed by atoms with Crippen LogP contribution in [0.25, 0.3) is 11.4 Å². The number of hydrogen-bond donors (Lipinski definition) is 1. The van der Waals surface area contributed by atoms with E-state index in [1.165, 1.54) is 17.8 Å². The number of rotatable bonds is 13. The SMILES string of the molecule is CC(C)CCCC(C)n1c(SCC(=O)c2ccc(Br)cc2)nnc1-c1cccc(S(=O)(=O)Nc2ccccc2Cl)c1. The van der Waals surface area contributed by atoms with E-state index in [2.05, 4.69) is 51.6 Å². The molecule has 0 saturated carbocycles. The topological polar surface area (TPSA) is 93.9 Å². The molecule has 41 heavy (non-hydrogen) atoms. The molecule has 1 unspecified atom stereocenters. The lowest BCUT2D eigenvalue weighted by atomic mass is 10.0. The first-order chi connectivity index (χ1) is 19.5. The molecule has 4 aromatic rings. The van der Waals surface area contributed by atoms with Gasteiger partial charge < -0.3 is 0 Å². The number of sulfonamides is 1. The van der Waals surface area contributed by atoms with Crippen LogP contribution in [0.1, 0.15) is 56.4 Å². The van der Waals surface area contributed by atoms with Crippen LogP contribution in [0, 0.1) is 5.92 Å². The standard InChI is InChI=1S/C30H32BrClN4O3S2/c1-20(2)8-6-9-21(3)36-29(33-34-30(36)40-19-28(37)22-14-16-24(31)17-15-22)23-10-7-11-25(18-23)41(38,39)35-27-13-5-4-12-26(27)32/h4-5,7,10-18,20-21,35H,6,8-9,19H2,1-3H3. The van der Waals surface area contributed by atoms with E-state index in [-0.39, 0.29) is 22.5 Å². The summed E-state index contributed by atoms with van der Waals surface area (Å²) in [5.41, 5.74) is 1.54. The Morgan fingerprint density at radius 3 is 2.44 bits per heavy atom. The van der Waals surface area contributed by atoms with E-state index in [9.17, 15) is 13.2 Å². The van der Waals surface area contributed by atoms with Gasteiger partial charge in [-0.15, -0.1) is 10.2 Å². The van der Waals surface area contributed by atoms with Crippen LogP contribution in [-0.2, 0) is 10.0 Å². The third-order valence-corrected chi connectivity index (χ3v) is 9.69. The number of Topliss-reactive ketones (excluding diaryl/α,β-unsaturated/α-hetero) is 1. The molecular weight excluding hydrogens is 644 g/mol. The molecule has 7 nitrogen and oxygen atoms in total. The van der Waals surface area contributed by atoms with Crippen LogP contribution in [0.15, 0.2) is 87.3 Å². The van der Waals surface area contributed by atoms with Gasteiger partial charge in [0.1, 0.15) is 0 Å². The van der Waals surface area contributed by atoms with Crippen LogP contribution >= 0.6 is 39.3 Å². The summed E-state index contributed by atoms with van der Waals surface area (Å²) >= 11 is 10.9. The van der Waals surface area contributed by atoms with Crippen molar-refractivity contribution in [1.82, 2.24) is 14.8 Å². The molecule has 0 aliphatic rings. The number of thioether (sulfide) groups is 1. The predicted octanol–water partition coefficient (Wildman–Crippen LogP) is 8.52. The molecule has 1 N–H and O–H groups in total. The van der Waals surface area contributed by atoms with E-state index in [1.54, 1.807) is 48.5 Å². The fourth-order valence-electron chi connectivity index (χ4n) is 4.32. The summed E-state index contributed by atoms with van der Waals surface area (Å²) in [7, 11) is -3.92. The Morgan fingerprint density at radius 2 is 1.73 bits per heavy atom. The second-order valence-electron chi connectivity index (χ2n) is 10.2. The minimum absolute atomic E-state index is 0.00945. The van der Waals surface area contributed by atoms with Crippen LogP contribution in [0.3, 0.4) is 0 Å². The number of para-hydroxylation sites is 1. The zero-order valence-electron chi connectivity index (χ0n) is 23.1. The van der Waals surface area contributed by atoms with Gasteiger partial charge in [-0.05, 0) is 55.7 Å². The van der Waals surface area contributed by atoms with Gasteiger partial charge in [0.15, 0.2) is 16.8 Å². The number of hydrogen-bond acceptors (Lipinski definition) is 6. The Bertz CT molecular complexity index is 1610. The lowest BCUT2D eigenvalue weighted by molar-refractivity contribution is 0.102. The molecule has 1 aromatic heterocycles. The molecule has 0 saturated heterocycles. The van der Waals surface area contributed by atoms with E-state index in [0.29, 0.717) is 38.7 Å². The molecule has 1 atom stereocenters. The first-order valence-electron chi connectivity index (χ1n) is 13.3. The molecule has 0 aliphatic heterocycles. The van der Waals surface area contributed by atoms with Crippen molar-refractivity contribution in [3.63, 3.8) is 0 Å². The van der Waals surface area contributed by atoms with E-state index < -0.39 is 10.0 Å². The Kier molecular flexibility index (Phi) is 10.7. The summed E-state index contributed by atoms with van der Waals surface area (Å²) in [5.74, 6) is 1.34. The number of carbonyl (C=O) groups is 1. The summed E-state index contributed by atoms with van der Waals surface area (Å²) in [6, 6.07) is 20.6. The average Bonchev–Trinajstić information content (AvgIpc) is 3.37.